The molecule has 1 heterocycles. The van der Waals surface area contributed by atoms with Gasteiger partial charge in [-0.3, -0.25) is 4.79 Å². The molecular formula is C18H14Cl2NO+. The van der Waals surface area contributed by atoms with Crippen molar-refractivity contribution in [3.05, 3.63) is 76.4 Å². The molecule has 0 aliphatic rings. The van der Waals surface area contributed by atoms with E-state index < -0.39 is 0 Å². The number of pyridine rings is 1. The maximum absolute atomic E-state index is 12.7. The molecule has 0 N–H and O–H groups in total. The molecule has 2 aromatic carbocycles. The molecule has 0 fully saturated rings. The van der Waals surface area contributed by atoms with Gasteiger partial charge in [0.2, 0.25) is 17.3 Å². The van der Waals surface area contributed by atoms with Crippen molar-refractivity contribution >= 4 is 39.9 Å². The van der Waals surface area contributed by atoms with E-state index in [4.69, 9.17) is 23.2 Å². The Morgan fingerprint density at radius 3 is 2.50 bits per heavy atom. The van der Waals surface area contributed by atoms with E-state index in [1.54, 1.807) is 12.1 Å². The smallest absolute Gasteiger partial charge is 0.230 e. The normalized spacial score (nSPS) is 12.3. The highest BCUT2D eigenvalue weighted by atomic mass is 35.5. The molecule has 3 aromatic rings. The summed E-state index contributed by atoms with van der Waals surface area (Å²) in [6.45, 7) is 1.88. The van der Waals surface area contributed by atoms with Crippen LogP contribution in [0.2, 0.25) is 10.0 Å². The first-order valence-electron chi connectivity index (χ1n) is 6.96. The number of carbonyl (C=O) groups is 1. The van der Waals surface area contributed by atoms with Crippen LogP contribution in [0.4, 0.5) is 0 Å². The maximum Gasteiger partial charge on any atom is 0.230 e. The summed E-state index contributed by atoms with van der Waals surface area (Å²) in [6, 6.07) is 16.2. The van der Waals surface area contributed by atoms with Crippen LogP contribution in [0.15, 0.2) is 60.8 Å². The number of aromatic nitrogens is 1. The number of rotatable bonds is 3. The van der Waals surface area contributed by atoms with Crippen molar-refractivity contribution in [3.63, 3.8) is 0 Å². The van der Waals surface area contributed by atoms with Gasteiger partial charge in [-0.05, 0) is 12.1 Å². The van der Waals surface area contributed by atoms with E-state index in [-0.39, 0.29) is 11.8 Å². The minimum Gasteiger partial charge on any atom is -0.287 e. The van der Waals surface area contributed by atoms with Gasteiger partial charge in [-0.15, -0.1) is 0 Å². The van der Waals surface area contributed by atoms with E-state index in [9.17, 15) is 4.79 Å². The minimum absolute atomic E-state index is 0.0502. The van der Waals surface area contributed by atoms with Crippen LogP contribution < -0.4 is 4.57 Å². The fraction of sp³-hybridized carbons (Fsp3) is 0.111. The van der Waals surface area contributed by atoms with Crippen molar-refractivity contribution in [2.24, 2.45) is 0 Å². The molecule has 0 amide bonds. The van der Waals surface area contributed by atoms with Crippen molar-refractivity contribution in [1.29, 1.82) is 0 Å². The Kier molecular flexibility index (Phi) is 4.14. The number of halogens is 2. The van der Waals surface area contributed by atoms with E-state index >= 15 is 0 Å². The van der Waals surface area contributed by atoms with Gasteiger partial charge in [-0.25, -0.2) is 0 Å². The molecular weight excluding hydrogens is 317 g/mol. The maximum atomic E-state index is 12.7. The number of benzene rings is 2. The van der Waals surface area contributed by atoms with Gasteiger partial charge in [0.15, 0.2) is 6.20 Å². The number of hydrogen-bond donors (Lipinski definition) is 0. The van der Waals surface area contributed by atoms with Gasteiger partial charge in [0.25, 0.3) is 0 Å². The number of nitrogens with zero attached hydrogens (tertiary/aromatic N) is 1. The molecule has 4 heteroatoms. The molecule has 0 spiro atoms. The van der Waals surface area contributed by atoms with Gasteiger partial charge in [0.05, 0.1) is 10.4 Å². The molecule has 1 aromatic heterocycles. The highest BCUT2D eigenvalue weighted by Crippen LogP contribution is 2.24. The first-order valence-corrected chi connectivity index (χ1v) is 7.71. The molecule has 0 aliphatic carbocycles. The number of carbonyl (C=O) groups excluding carboxylic acids is 1. The van der Waals surface area contributed by atoms with E-state index in [0.717, 1.165) is 10.9 Å². The molecule has 110 valence electrons. The van der Waals surface area contributed by atoms with Gasteiger partial charge in [0.1, 0.15) is 0 Å². The van der Waals surface area contributed by atoms with Gasteiger partial charge >= 0.3 is 0 Å². The van der Waals surface area contributed by atoms with Gasteiger partial charge in [-0.1, -0.05) is 53.5 Å². The third-order valence-electron chi connectivity index (χ3n) is 3.73. The van der Waals surface area contributed by atoms with Crippen LogP contribution in [0.25, 0.3) is 10.9 Å². The molecule has 0 saturated carbocycles. The SMILES string of the molecule is CC(C(=O)c1ccccc1)[n+]1ccc(Cl)c2ccc(Cl)cc21. The summed E-state index contributed by atoms with van der Waals surface area (Å²) in [7, 11) is 0. The predicted octanol–water partition coefficient (Wildman–Crippen LogP) is 4.88. The van der Waals surface area contributed by atoms with Crippen molar-refractivity contribution in [1.82, 2.24) is 0 Å². The second-order valence-electron chi connectivity index (χ2n) is 5.14. The van der Waals surface area contributed by atoms with E-state index in [1.165, 1.54) is 0 Å². The monoisotopic (exact) mass is 330 g/mol. The van der Waals surface area contributed by atoms with Crippen LogP contribution in [0.1, 0.15) is 23.3 Å². The van der Waals surface area contributed by atoms with Crippen LogP contribution in [0, 0.1) is 0 Å². The summed E-state index contributed by atoms with van der Waals surface area (Å²) in [4.78, 5) is 12.7. The largest absolute Gasteiger partial charge is 0.287 e. The number of fused-ring (bicyclic) bond motifs is 1. The zero-order valence-corrected chi connectivity index (χ0v) is 13.5. The zero-order chi connectivity index (χ0) is 15.7. The second-order valence-corrected chi connectivity index (χ2v) is 5.98. The highest BCUT2D eigenvalue weighted by molar-refractivity contribution is 6.35. The fourth-order valence-corrected chi connectivity index (χ4v) is 2.93. The summed E-state index contributed by atoms with van der Waals surface area (Å²) in [5, 5.41) is 2.13. The van der Waals surface area contributed by atoms with Crippen LogP contribution in [0.3, 0.4) is 0 Å². The van der Waals surface area contributed by atoms with Crippen molar-refractivity contribution < 1.29 is 9.36 Å². The lowest BCUT2D eigenvalue weighted by Gasteiger charge is -2.10. The van der Waals surface area contributed by atoms with Crippen LogP contribution in [-0.4, -0.2) is 5.78 Å². The Morgan fingerprint density at radius 2 is 1.77 bits per heavy atom. The van der Waals surface area contributed by atoms with Gasteiger partial charge in [-0.2, -0.15) is 4.57 Å². The summed E-state index contributed by atoms with van der Waals surface area (Å²) in [5.41, 5.74) is 1.53. The zero-order valence-electron chi connectivity index (χ0n) is 12.0. The van der Waals surface area contributed by atoms with Crippen LogP contribution in [-0.2, 0) is 0 Å². The lowest BCUT2D eigenvalue weighted by Crippen LogP contribution is -2.42. The Labute approximate surface area is 138 Å². The lowest BCUT2D eigenvalue weighted by molar-refractivity contribution is -0.679. The van der Waals surface area contributed by atoms with Gasteiger partial charge < -0.3 is 0 Å². The molecule has 2 nitrogen and oxygen atoms in total. The second kappa shape index (κ2) is 6.07. The van der Waals surface area contributed by atoms with E-state index in [1.807, 2.05) is 60.2 Å². The average molecular weight is 331 g/mol. The summed E-state index contributed by atoms with van der Waals surface area (Å²) in [6.07, 6.45) is 1.83. The molecule has 3 rings (SSSR count). The van der Waals surface area contributed by atoms with Crippen molar-refractivity contribution in [3.8, 4) is 0 Å². The number of ketones is 1. The molecule has 0 saturated heterocycles. The molecule has 0 radical (unpaired) electrons. The van der Waals surface area contributed by atoms with Crippen molar-refractivity contribution in [2.75, 3.05) is 0 Å². The summed E-state index contributed by atoms with van der Waals surface area (Å²) < 4.78 is 1.91. The third-order valence-corrected chi connectivity index (χ3v) is 4.30. The fourth-order valence-electron chi connectivity index (χ4n) is 2.54. The first kappa shape index (κ1) is 15.0. The predicted molar refractivity (Wildman–Crippen MR) is 89.6 cm³/mol. The van der Waals surface area contributed by atoms with Crippen LogP contribution in [0.5, 0.6) is 0 Å². The average Bonchev–Trinajstić information content (AvgIpc) is 2.54. The van der Waals surface area contributed by atoms with Gasteiger partial charge in [0, 0.05) is 29.6 Å². The summed E-state index contributed by atoms with van der Waals surface area (Å²) in [5.74, 6) is 0.0502. The Balaban J connectivity index is 2.12. The standard InChI is InChI=1S/C18H14Cl2NO/c1-12(18(22)13-5-3-2-4-6-13)21-10-9-16(20)15-8-7-14(19)11-17(15)21/h2-12H,1H3/q+1. The number of Topliss-reactive ketones (excluding diaryl/α,β-unsaturated/α-hetero) is 1. The highest BCUT2D eigenvalue weighted by Gasteiger charge is 2.26. The Bertz CT molecular complexity index is 846. The molecule has 0 bridgehead atoms. The van der Waals surface area contributed by atoms with E-state index in [0.29, 0.717) is 15.6 Å². The first-order chi connectivity index (χ1) is 10.6. The molecule has 0 aliphatic heterocycles. The Morgan fingerprint density at radius 1 is 1.05 bits per heavy atom. The minimum atomic E-state index is -0.347. The topological polar surface area (TPSA) is 20.9 Å². The van der Waals surface area contributed by atoms with Crippen molar-refractivity contribution in [2.45, 2.75) is 13.0 Å². The third kappa shape index (κ3) is 2.72. The lowest BCUT2D eigenvalue weighted by atomic mass is 10.0. The number of hydrogen-bond acceptors (Lipinski definition) is 1. The molecule has 22 heavy (non-hydrogen) atoms. The molecule has 1 atom stereocenters. The van der Waals surface area contributed by atoms with E-state index in [2.05, 4.69) is 0 Å². The quantitative estimate of drug-likeness (QED) is 0.495. The van der Waals surface area contributed by atoms with Crippen LogP contribution >= 0.6 is 23.2 Å². The summed E-state index contributed by atoms with van der Waals surface area (Å²) >= 11 is 12.3. The molecule has 1 unspecified atom stereocenters. The Hall–Kier alpha value is -1.90.